The van der Waals surface area contributed by atoms with Gasteiger partial charge in [0.05, 0.1) is 6.61 Å². The van der Waals surface area contributed by atoms with Crippen LogP contribution in [-0.2, 0) is 9.09 Å². The molecule has 0 rings (SSSR count). The predicted octanol–water partition coefficient (Wildman–Crippen LogP) is 4.38. The molecule has 1 atom stereocenters. The fraction of sp³-hybridized carbons (Fsp3) is 0.923. The summed E-state index contributed by atoms with van der Waals surface area (Å²) in [6, 6.07) is 0. The van der Waals surface area contributed by atoms with Gasteiger partial charge < -0.3 is 4.52 Å². The van der Waals surface area contributed by atoms with Gasteiger partial charge in [0.15, 0.2) is 5.81 Å². The van der Waals surface area contributed by atoms with E-state index in [2.05, 4.69) is 6.92 Å². The molecule has 0 bridgehead atoms. The lowest BCUT2D eigenvalue weighted by atomic mass is 10.1. The Kier molecular flexibility index (Phi) is 10.3. The molecule has 0 radical (unpaired) electrons. The molecule has 0 aliphatic carbocycles. The molecule has 0 amide bonds. The van der Waals surface area contributed by atoms with Gasteiger partial charge in [-0.15, -0.1) is 0 Å². The fourth-order valence-corrected chi connectivity index (χ4v) is 2.50. The summed E-state index contributed by atoms with van der Waals surface area (Å²) in [5, 5.41) is 8.80. The first kappa shape index (κ1) is 17.6. The second-order valence-electron chi connectivity index (χ2n) is 4.78. The minimum Gasteiger partial charge on any atom is -0.307 e. The van der Waals surface area contributed by atoms with Crippen molar-refractivity contribution in [2.45, 2.75) is 58.3 Å². The number of rotatable bonds is 11. The Balaban J connectivity index is 3.46. The average Bonchev–Trinajstić information content (AvgIpc) is 2.36. The second-order valence-corrected chi connectivity index (χ2v) is 7.07. The van der Waals surface area contributed by atoms with Gasteiger partial charge in [-0.2, -0.15) is 5.26 Å². The van der Waals surface area contributed by atoms with E-state index < -0.39 is 7.52 Å². The van der Waals surface area contributed by atoms with Crippen LogP contribution in [-0.4, -0.2) is 25.4 Å². The molecule has 0 aromatic carbocycles. The Morgan fingerprint density at radius 1 is 1.06 bits per heavy atom. The molecule has 0 spiro atoms. The maximum atomic E-state index is 11.8. The van der Waals surface area contributed by atoms with Gasteiger partial charge in [-0.25, -0.2) is 4.67 Å². The number of unbranched alkanes of at least 4 members (excludes halogenated alkanes) is 7. The van der Waals surface area contributed by atoms with Crippen LogP contribution in [0.15, 0.2) is 0 Å². The van der Waals surface area contributed by atoms with Gasteiger partial charge in [-0.05, 0) is 20.5 Å². The second kappa shape index (κ2) is 10.6. The van der Waals surface area contributed by atoms with Gasteiger partial charge in [0.1, 0.15) is 0 Å². The molecule has 106 valence electrons. The summed E-state index contributed by atoms with van der Waals surface area (Å²) in [5.41, 5.74) is 0. The highest BCUT2D eigenvalue weighted by Crippen LogP contribution is 2.47. The summed E-state index contributed by atoms with van der Waals surface area (Å²) in [6.45, 7) is 2.63. The molecule has 1 unspecified atom stereocenters. The van der Waals surface area contributed by atoms with Crippen molar-refractivity contribution < 1.29 is 9.09 Å². The van der Waals surface area contributed by atoms with Crippen LogP contribution in [0.1, 0.15) is 58.3 Å². The van der Waals surface area contributed by atoms with E-state index in [0.717, 1.165) is 12.8 Å². The standard InChI is InChI=1S/C13H27N2O2P/c1-4-5-6-7-8-9-10-11-12-17-18(16,13-14)15(2)3/h4-12H2,1-3H3. The molecule has 0 fully saturated rings. The Bertz CT molecular complexity index is 287. The Morgan fingerprint density at radius 2 is 1.56 bits per heavy atom. The lowest BCUT2D eigenvalue weighted by Gasteiger charge is -2.17. The van der Waals surface area contributed by atoms with Crippen LogP contribution >= 0.6 is 7.52 Å². The van der Waals surface area contributed by atoms with Crippen LogP contribution in [0.5, 0.6) is 0 Å². The van der Waals surface area contributed by atoms with Gasteiger partial charge in [0, 0.05) is 0 Å². The zero-order chi connectivity index (χ0) is 13.9. The summed E-state index contributed by atoms with van der Waals surface area (Å²) < 4.78 is 18.4. The van der Waals surface area contributed by atoms with Crippen molar-refractivity contribution in [3.05, 3.63) is 0 Å². The topological polar surface area (TPSA) is 53.3 Å². The van der Waals surface area contributed by atoms with Crippen molar-refractivity contribution >= 4 is 7.52 Å². The molecular formula is C13H27N2O2P. The van der Waals surface area contributed by atoms with E-state index in [9.17, 15) is 4.57 Å². The number of hydrogen-bond acceptors (Lipinski definition) is 3. The molecule has 18 heavy (non-hydrogen) atoms. The number of hydrogen-bond donors (Lipinski definition) is 0. The Hall–Kier alpha value is -0.360. The normalized spacial score (nSPS) is 14.4. The average molecular weight is 274 g/mol. The highest BCUT2D eigenvalue weighted by atomic mass is 31.2. The predicted molar refractivity (Wildman–Crippen MR) is 75.5 cm³/mol. The zero-order valence-corrected chi connectivity index (χ0v) is 12.9. The molecule has 0 saturated carbocycles. The van der Waals surface area contributed by atoms with Crippen molar-refractivity contribution in [1.29, 1.82) is 5.26 Å². The van der Waals surface area contributed by atoms with Gasteiger partial charge >= 0.3 is 7.52 Å². The number of nitrogens with zero attached hydrogens (tertiary/aromatic N) is 2. The van der Waals surface area contributed by atoms with Crippen LogP contribution in [0.25, 0.3) is 0 Å². The van der Waals surface area contributed by atoms with Crippen molar-refractivity contribution in [3.63, 3.8) is 0 Å². The van der Waals surface area contributed by atoms with Gasteiger partial charge in [0.2, 0.25) is 0 Å². The summed E-state index contributed by atoms with van der Waals surface area (Å²) in [7, 11) is 0.0140. The van der Waals surface area contributed by atoms with Crippen LogP contribution in [0, 0.1) is 11.1 Å². The Morgan fingerprint density at radius 3 is 2.00 bits per heavy atom. The van der Waals surface area contributed by atoms with E-state index in [-0.39, 0.29) is 0 Å². The summed E-state index contributed by atoms with van der Waals surface area (Å²) in [4.78, 5) is 0. The van der Waals surface area contributed by atoms with Gasteiger partial charge in [-0.3, -0.25) is 4.57 Å². The minimum absolute atomic E-state index is 0.415. The van der Waals surface area contributed by atoms with Gasteiger partial charge in [-0.1, -0.05) is 51.9 Å². The van der Waals surface area contributed by atoms with E-state index in [1.54, 1.807) is 19.9 Å². The van der Waals surface area contributed by atoms with Crippen LogP contribution in [0.3, 0.4) is 0 Å². The maximum absolute atomic E-state index is 11.8. The molecular weight excluding hydrogens is 247 g/mol. The number of nitriles is 1. The molecule has 0 saturated heterocycles. The molecule has 0 aromatic heterocycles. The smallest absolute Gasteiger partial charge is 0.307 e. The Labute approximate surface area is 112 Å². The van der Waals surface area contributed by atoms with Crippen LogP contribution in [0.2, 0.25) is 0 Å². The fourth-order valence-electron chi connectivity index (χ4n) is 1.66. The molecule has 0 aliphatic rings. The molecule has 0 aliphatic heterocycles. The third kappa shape index (κ3) is 7.87. The molecule has 0 heterocycles. The molecule has 5 heteroatoms. The molecule has 0 aromatic rings. The largest absolute Gasteiger partial charge is 0.370 e. The van der Waals surface area contributed by atoms with Gasteiger partial charge in [0.25, 0.3) is 0 Å². The lowest BCUT2D eigenvalue weighted by molar-refractivity contribution is 0.280. The first-order valence-electron chi connectivity index (χ1n) is 6.90. The summed E-state index contributed by atoms with van der Waals surface area (Å²) in [6.07, 6.45) is 9.69. The quantitative estimate of drug-likeness (QED) is 0.414. The highest BCUT2D eigenvalue weighted by Gasteiger charge is 2.25. The van der Waals surface area contributed by atoms with E-state index in [1.165, 1.54) is 43.2 Å². The van der Waals surface area contributed by atoms with Crippen LogP contribution < -0.4 is 0 Å². The van der Waals surface area contributed by atoms with E-state index in [0.29, 0.717) is 6.61 Å². The van der Waals surface area contributed by atoms with Crippen molar-refractivity contribution in [2.24, 2.45) is 0 Å². The third-order valence-corrected chi connectivity index (χ3v) is 4.76. The van der Waals surface area contributed by atoms with Crippen molar-refractivity contribution in [2.75, 3.05) is 20.7 Å². The maximum Gasteiger partial charge on any atom is 0.370 e. The molecule has 0 N–H and O–H groups in total. The zero-order valence-electron chi connectivity index (χ0n) is 12.0. The van der Waals surface area contributed by atoms with Crippen LogP contribution in [0.4, 0.5) is 0 Å². The first-order chi connectivity index (χ1) is 8.56. The van der Waals surface area contributed by atoms with E-state index in [1.807, 2.05) is 0 Å². The SMILES string of the molecule is CCCCCCCCCCOP(=O)(C#N)N(C)C. The summed E-state index contributed by atoms with van der Waals surface area (Å²) >= 11 is 0. The third-order valence-electron chi connectivity index (χ3n) is 2.92. The van der Waals surface area contributed by atoms with E-state index >= 15 is 0 Å². The minimum atomic E-state index is -3.20. The monoisotopic (exact) mass is 274 g/mol. The van der Waals surface area contributed by atoms with E-state index in [4.69, 9.17) is 9.79 Å². The highest BCUT2D eigenvalue weighted by molar-refractivity contribution is 7.61. The lowest BCUT2D eigenvalue weighted by Crippen LogP contribution is -2.10. The summed E-state index contributed by atoms with van der Waals surface area (Å²) in [5.74, 6) is 1.76. The van der Waals surface area contributed by atoms with Crippen molar-refractivity contribution in [1.82, 2.24) is 4.67 Å². The first-order valence-corrected chi connectivity index (χ1v) is 8.48. The van der Waals surface area contributed by atoms with Crippen molar-refractivity contribution in [3.8, 4) is 5.81 Å². The molecule has 4 nitrogen and oxygen atoms in total.